The van der Waals surface area contributed by atoms with Crippen molar-refractivity contribution < 1.29 is 14.7 Å². The summed E-state index contributed by atoms with van der Waals surface area (Å²) < 4.78 is 0. The third-order valence-electron chi connectivity index (χ3n) is 2.93. The van der Waals surface area contributed by atoms with Gasteiger partial charge in [-0.1, -0.05) is 6.92 Å². The minimum Gasteiger partial charge on any atom is -0.481 e. The van der Waals surface area contributed by atoms with Crippen LogP contribution in [-0.4, -0.2) is 47.6 Å². The Morgan fingerprint density at radius 3 is 2.56 bits per heavy atom. The lowest BCUT2D eigenvalue weighted by Gasteiger charge is -2.20. The van der Waals surface area contributed by atoms with Crippen LogP contribution in [0.3, 0.4) is 0 Å². The van der Waals surface area contributed by atoms with Crippen LogP contribution in [0.2, 0.25) is 0 Å². The third-order valence-corrected chi connectivity index (χ3v) is 2.93. The lowest BCUT2D eigenvalue weighted by Crippen LogP contribution is -2.39. The van der Waals surface area contributed by atoms with Gasteiger partial charge in [0.25, 0.3) is 0 Å². The number of rotatable bonds is 7. The van der Waals surface area contributed by atoms with Gasteiger partial charge in [0.15, 0.2) is 0 Å². The van der Waals surface area contributed by atoms with Gasteiger partial charge in [0, 0.05) is 19.1 Å². The molecule has 0 saturated heterocycles. The fourth-order valence-corrected chi connectivity index (χ4v) is 1.63. The average molecular weight is 228 g/mol. The van der Waals surface area contributed by atoms with E-state index in [1.165, 1.54) is 19.8 Å². The number of amides is 1. The number of likely N-dealkylation sites (N-methyl/N-ethyl adjacent to an activating group) is 1. The maximum Gasteiger partial charge on any atom is 0.315 e. The van der Waals surface area contributed by atoms with Crippen molar-refractivity contribution in [2.24, 2.45) is 5.92 Å². The summed E-state index contributed by atoms with van der Waals surface area (Å²) in [6.07, 6.45) is 2.49. The maximum absolute atomic E-state index is 11.3. The molecular weight excluding hydrogens is 208 g/mol. The van der Waals surface area contributed by atoms with Gasteiger partial charge in [-0.2, -0.15) is 0 Å². The van der Waals surface area contributed by atoms with Crippen LogP contribution in [0.5, 0.6) is 0 Å². The van der Waals surface area contributed by atoms with E-state index in [0.29, 0.717) is 12.6 Å². The Bertz CT molecular complexity index is 264. The Morgan fingerprint density at radius 1 is 1.50 bits per heavy atom. The molecule has 0 bridgehead atoms. The standard InChI is InChI=1S/C11H20N2O3/c1-3-13(9-4-5-9)7-6-12-10(14)8(2)11(15)16/h8-9H,3-7H2,1-2H3,(H,12,14)(H,15,16). The summed E-state index contributed by atoms with van der Waals surface area (Å²) in [5.41, 5.74) is 0. The summed E-state index contributed by atoms with van der Waals surface area (Å²) >= 11 is 0. The second-order valence-electron chi connectivity index (χ2n) is 4.21. The Morgan fingerprint density at radius 2 is 2.12 bits per heavy atom. The SMILES string of the molecule is CCN(CCNC(=O)C(C)C(=O)O)C1CC1. The number of nitrogens with one attached hydrogen (secondary N) is 1. The molecule has 0 radical (unpaired) electrons. The van der Waals surface area contributed by atoms with E-state index in [9.17, 15) is 9.59 Å². The van der Waals surface area contributed by atoms with Crippen LogP contribution >= 0.6 is 0 Å². The molecule has 2 N–H and O–H groups in total. The molecule has 1 rings (SSSR count). The second-order valence-corrected chi connectivity index (χ2v) is 4.21. The van der Waals surface area contributed by atoms with Gasteiger partial charge in [0.05, 0.1) is 0 Å². The highest BCUT2D eigenvalue weighted by atomic mass is 16.4. The van der Waals surface area contributed by atoms with Crippen LogP contribution in [0.1, 0.15) is 26.7 Å². The highest BCUT2D eigenvalue weighted by Gasteiger charge is 2.27. The number of aliphatic carboxylic acids is 1. The number of carbonyl (C=O) groups excluding carboxylic acids is 1. The summed E-state index contributed by atoms with van der Waals surface area (Å²) in [5, 5.41) is 11.3. The number of carboxylic acids is 1. The first kappa shape index (κ1) is 13.0. The van der Waals surface area contributed by atoms with E-state index in [0.717, 1.165) is 13.1 Å². The molecule has 5 heteroatoms. The van der Waals surface area contributed by atoms with Crippen LogP contribution in [0, 0.1) is 5.92 Å². The zero-order valence-corrected chi connectivity index (χ0v) is 9.90. The fourth-order valence-electron chi connectivity index (χ4n) is 1.63. The number of carboxylic acid groups (broad SMARTS) is 1. The van der Waals surface area contributed by atoms with Crippen molar-refractivity contribution in [2.45, 2.75) is 32.7 Å². The molecule has 0 aromatic rings. The molecule has 1 amide bonds. The molecule has 1 aliphatic rings. The molecule has 0 aromatic heterocycles. The highest BCUT2D eigenvalue weighted by molar-refractivity contribution is 5.96. The van der Waals surface area contributed by atoms with E-state index >= 15 is 0 Å². The van der Waals surface area contributed by atoms with E-state index in [1.54, 1.807) is 0 Å². The van der Waals surface area contributed by atoms with E-state index in [1.807, 2.05) is 0 Å². The number of hydrogen-bond donors (Lipinski definition) is 2. The summed E-state index contributed by atoms with van der Waals surface area (Å²) in [5.74, 6) is -2.44. The topological polar surface area (TPSA) is 69.6 Å². The Hall–Kier alpha value is -1.10. The molecule has 16 heavy (non-hydrogen) atoms. The highest BCUT2D eigenvalue weighted by Crippen LogP contribution is 2.25. The van der Waals surface area contributed by atoms with Crippen LogP contribution < -0.4 is 5.32 Å². The minimum atomic E-state index is -1.08. The predicted molar refractivity (Wildman–Crippen MR) is 60.1 cm³/mol. The maximum atomic E-state index is 11.3. The molecular formula is C11H20N2O3. The molecule has 1 fully saturated rings. The van der Waals surface area contributed by atoms with Crippen LogP contribution in [0.4, 0.5) is 0 Å². The quantitative estimate of drug-likeness (QED) is 0.615. The van der Waals surface area contributed by atoms with Gasteiger partial charge < -0.3 is 10.4 Å². The van der Waals surface area contributed by atoms with Gasteiger partial charge in [-0.15, -0.1) is 0 Å². The summed E-state index contributed by atoms with van der Waals surface area (Å²) in [7, 11) is 0. The number of nitrogens with zero attached hydrogens (tertiary/aromatic N) is 1. The zero-order chi connectivity index (χ0) is 12.1. The lowest BCUT2D eigenvalue weighted by molar-refractivity contribution is -0.146. The van der Waals surface area contributed by atoms with Crippen molar-refractivity contribution in [3.8, 4) is 0 Å². The first-order valence-corrected chi connectivity index (χ1v) is 5.80. The van der Waals surface area contributed by atoms with Gasteiger partial charge >= 0.3 is 5.97 Å². The molecule has 0 aromatic carbocycles. The summed E-state index contributed by atoms with van der Waals surface area (Å²) in [6, 6.07) is 0.679. The molecule has 1 saturated carbocycles. The average Bonchev–Trinajstić information content (AvgIpc) is 3.06. The summed E-state index contributed by atoms with van der Waals surface area (Å²) in [6.45, 7) is 5.81. The van der Waals surface area contributed by atoms with Gasteiger partial charge in [-0.05, 0) is 26.3 Å². The smallest absolute Gasteiger partial charge is 0.315 e. The largest absolute Gasteiger partial charge is 0.481 e. The van der Waals surface area contributed by atoms with Crippen molar-refractivity contribution in [1.82, 2.24) is 10.2 Å². The molecule has 1 unspecified atom stereocenters. The van der Waals surface area contributed by atoms with Crippen molar-refractivity contribution in [3.63, 3.8) is 0 Å². The first-order chi connectivity index (χ1) is 7.56. The summed E-state index contributed by atoms with van der Waals surface area (Å²) in [4.78, 5) is 24.2. The van der Waals surface area contributed by atoms with Crippen LogP contribution in [-0.2, 0) is 9.59 Å². The lowest BCUT2D eigenvalue weighted by atomic mass is 10.2. The molecule has 5 nitrogen and oxygen atoms in total. The third kappa shape index (κ3) is 3.81. The molecule has 92 valence electrons. The van der Waals surface area contributed by atoms with Gasteiger partial charge in [-0.25, -0.2) is 0 Å². The van der Waals surface area contributed by atoms with Gasteiger partial charge in [0.2, 0.25) is 5.91 Å². The number of hydrogen-bond acceptors (Lipinski definition) is 3. The van der Waals surface area contributed by atoms with Gasteiger partial charge in [-0.3, -0.25) is 14.5 Å². The first-order valence-electron chi connectivity index (χ1n) is 5.80. The normalized spacial score (nSPS) is 17.2. The van der Waals surface area contributed by atoms with Crippen LogP contribution in [0.15, 0.2) is 0 Å². The molecule has 1 aliphatic carbocycles. The van der Waals surface area contributed by atoms with E-state index in [4.69, 9.17) is 5.11 Å². The zero-order valence-electron chi connectivity index (χ0n) is 9.90. The predicted octanol–water partition coefficient (Wildman–Crippen LogP) is 0.308. The minimum absolute atomic E-state index is 0.403. The fraction of sp³-hybridized carbons (Fsp3) is 0.818. The van der Waals surface area contributed by atoms with E-state index < -0.39 is 17.8 Å². The monoisotopic (exact) mass is 228 g/mol. The van der Waals surface area contributed by atoms with Crippen LogP contribution in [0.25, 0.3) is 0 Å². The van der Waals surface area contributed by atoms with Crippen molar-refractivity contribution in [3.05, 3.63) is 0 Å². The Kier molecular flexibility index (Phi) is 4.73. The van der Waals surface area contributed by atoms with Gasteiger partial charge in [0.1, 0.15) is 5.92 Å². The second kappa shape index (κ2) is 5.84. The Balaban J connectivity index is 2.18. The van der Waals surface area contributed by atoms with E-state index in [-0.39, 0.29) is 0 Å². The molecule has 0 aliphatic heterocycles. The van der Waals surface area contributed by atoms with E-state index in [2.05, 4.69) is 17.1 Å². The molecule has 0 heterocycles. The van der Waals surface area contributed by atoms with Crippen molar-refractivity contribution >= 4 is 11.9 Å². The van der Waals surface area contributed by atoms with Crippen molar-refractivity contribution in [2.75, 3.05) is 19.6 Å². The molecule has 0 spiro atoms. The van der Waals surface area contributed by atoms with Crippen molar-refractivity contribution in [1.29, 1.82) is 0 Å². The Labute approximate surface area is 95.8 Å². The molecule has 1 atom stereocenters. The number of carbonyl (C=O) groups is 2.